The molecular formula is C14H18N2O. The number of anilines is 1. The molecule has 2 rings (SSSR count). The van der Waals surface area contributed by atoms with Gasteiger partial charge in [0.2, 0.25) is 0 Å². The first-order chi connectivity index (χ1) is 8.24. The van der Waals surface area contributed by atoms with E-state index in [0.29, 0.717) is 12.0 Å². The highest BCUT2D eigenvalue weighted by atomic mass is 16.3. The van der Waals surface area contributed by atoms with Gasteiger partial charge in [-0.1, -0.05) is 6.42 Å². The lowest BCUT2D eigenvalue weighted by Crippen LogP contribution is -2.26. The van der Waals surface area contributed by atoms with Gasteiger partial charge in [0.25, 0.3) is 0 Å². The van der Waals surface area contributed by atoms with E-state index >= 15 is 0 Å². The summed E-state index contributed by atoms with van der Waals surface area (Å²) in [5.74, 6) is 0.367. The zero-order valence-corrected chi connectivity index (χ0v) is 10.1. The summed E-state index contributed by atoms with van der Waals surface area (Å²) in [6.45, 7) is 2.20. The molecule has 0 aromatic heterocycles. The summed E-state index contributed by atoms with van der Waals surface area (Å²) in [5.41, 5.74) is 2.77. The fourth-order valence-corrected chi connectivity index (χ4v) is 2.54. The molecule has 0 heterocycles. The van der Waals surface area contributed by atoms with Crippen LogP contribution in [-0.2, 0) is 0 Å². The highest BCUT2D eigenvalue weighted by molar-refractivity contribution is 5.52. The Morgan fingerprint density at radius 1 is 1.47 bits per heavy atom. The summed E-state index contributed by atoms with van der Waals surface area (Å²) in [5, 5.41) is 21.6. The Bertz CT molecular complexity index is 436. The zero-order valence-electron chi connectivity index (χ0n) is 10.1. The van der Waals surface area contributed by atoms with Crippen LogP contribution < -0.4 is 5.32 Å². The van der Waals surface area contributed by atoms with E-state index < -0.39 is 0 Å². The second-order valence-corrected chi connectivity index (χ2v) is 4.77. The average Bonchev–Trinajstić information content (AvgIpc) is 2.76. The molecule has 1 fully saturated rings. The number of rotatable bonds is 3. The van der Waals surface area contributed by atoms with Crippen LogP contribution in [0.5, 0.6) is 0 Å². The van der Waals surface area contributed by atoms with E-state index in [-0.39, 0.29) is 6.61 Å². The summed E-state index contributed by atoms with van der Waals surface area (Å²) in [6.07, 6.45) is 3.39. The molecule has 17 heavy (non-hydrogen) atoms. The topological polar surface area (TPSA) is 56.0 Å². The lowest BCUT2D eigenvalue weighted by molar-refractivity contribution is 0.222. The first-order valence-corrected chi connectivity index (χ1v) is 6.12. The van der Waals surface area contributed by atoms with Gasteiger partial charge >= 0.3 is 0 Å². The largest absolute Gasteiger partial charge is 0.396 e. The third-order valence-corrected chi connectivity index (χ3v) is 3.59. The summed E-state index contributed by atoms with van der Waals surface area (Å²) in [6, 6.07) is 8.33. The Morgan fingerprint density at radius 3 is 2.94 bits per heavy atom. The molecular weight excluding hydrogens is 212 g/mol. The maximum atomic E-state index is 9.27. The van der Waals surface area contributed by atoms with Crippen LogP contribution in [0.3, 0.4) is 0 Å². The molecule has 0 radical (unpaired) electrons. The second-order valence-electron chi connectivity index (χ2n) is 4.77. The van der Waals surface area contributed by atoms with Gasteiger partial charge in [-0.2, -0.15) is 5.26 Å². The van der Waals surface area contributed by atoms with E-state index in [1.165, 1.54) is 6.42 Å². The van der Waals surface area contributed by atoms with E-state index in [2.05, 4.69) is 11.4 Å². The number of hydrogen-bond acceptors (Lipinski definition) is 3. The molecule has 1 aliphatic carbocycles. The Hall–Kier alpha value is -1.53. The number of nitriles is 1. The molecule has 1 aromatic rings. The highest BCUT2D eigenvalue weighted by Crippen LogP contribution is 2.28. The van der Waals surface area contributed by atoms with Crippen molar-refractivity contribution in [3.05, 3.63) is 29.3 Å². The summed E-state index contributed by atoms with van der Waals surface area (Å²) < 4.78 is 0. The van der Waals surface area contributed by atoms with Crippen LogP contribution in [0.25, 0.3) is 0 Å². The molecule has 0 amide bonds. The lowest BCUT2D eigenvalue weighted by atomic mass is 10.0. The summed E-state index contributed by atoms with van der Waals surface area (Å²) in [7, 11) is 0. The molecule has 90 valence electrons. The van der Waals surface area contributed by atoms with Gasteiger partial charge in [0.1, 0.15) is 0 Å². The second kappa shape index (κ2) is 5.20. The summed E-state index contributed by atoms with van der Waals surface area (Å²) in [4.78, 5) is 0. The van der Waals surface area contributed by atoms with Crippen molar-refractivity contribution in [3.8, 4) is 6.07 Å². The third kappa shape index (κ3) is 2.59. The molecule has 1 aliphatic rings. The highest BCUT2D eigenvalue weighted by Gasteiger charge is 2.26. The van der Waals surface area contributed by atoms with E-state index in [1.807, 2.05) is 25.1 Å². The zero-order chi connectivity index (χ0) is 12.3. The van der Waals surface area contributed by atoms with Gasteiger partial charge in [-0.05, 0) is 43.5 Å². The van der Waals surface area contributed by atoms with Crippen molar-refractivity contribution in [2.45, 2.75) is 32.2 Å². The van der Waals surface area contributed by atoms with E-state index in [9.17, 15) is 5.11 Å². The van der Waals surface area contributed by atoms with Crippen LogP contribution in [0.1, 0.15) is 30.4 Å². The Labute approximate surface area is 102 Å². The number of aliphatic hydroxyl groups is 1. The van der Waals surface area contributed by atoms with Crippen LogP contribution in [0.4, 0.5) is 5.69 Å². The van der Waals surface area contributed by atoms with Crippen LogP contribution in [-0.4, -0.2) is 17.8 Å². The molecule has 2 atom stereocenters. The number of nitrogens with one attached hydrogen (secondary N) is 1. The normalized spacial score (nSPS) is 23.4. The first-order valence-electron chi connectivity index (χ1n) is 6.12. The Kier molecular flexibility index (Phi) is 3.65. The average molecular weight is 230 g/mol. The number of aliphatic hydroxyl groups excluding tert-OH is 1. The van der Waals surface area contributed by atoms with E-state index in [4.69, 9.17) is 5.26 Å². The van der Waals surface area contributed by atoms with Crippen molar-refractivity contribution in [2.24, 2.45) is 5.92 Å². The molecule has 2 N–H and O–H groups in total. The minimum atomic E-state index is 0.257. The Balaban J connectivity index is 2.09. The minimum Gasteiger partial charge on any atom is -0.396 e. The van der Waals surface area contributed by atoms with Gasteiger partial charge in [0.05, 0.1) is 11.6 Å². The SMILES string of the molecule is Cc1cc(NC2CCCC2CO)ccc1C#N. The lowest BCUT2D eigenvalue weighted by Gasteiger charge is -2.20. The smallest absolute Gasteiger partial charge is 0.0994 e. The Morgan fingerprint density at radius 2 is 2.29 bits per heavy atom. The van der Waals surface area contributed by atoms with Crippen LogP contribution >= 0.6 is 0 Å². The van der Waals surface area contributed by atoms with Crippen molar-refractivity contribution >= 4 is 5.69 Å². The monoisotopic (exact) mass is 230 g/mol. The van der Waals surface area contributed by atoms with Crippen molar-refractivity contribution in [3.63, 3.8) is 0 Å². The standard InChI is InChI=1S/C14H18N2O/c1-10-7-13(6-5-11(10)8-15)16-14-4-2-3-12(14)9-17/h5-7,12,14,16-17H,2-4,9H2,1H3. The number of nitrogens with zero attached hydrogens (tertiary/aromatic N) is 1. The quantitative estimate of drug-likeness (QED) is 0.838. The summed E-state index contributed by atoms with van der Waals surface area (Å²) >= 11 is 0. The van der Waals surface area contributed by atoms with Crippen LogP contribution in [0, 0.1) is 24.2 Å². The molecule has 3 heteroatoms. The molecule has 0 saturated heterocycles. The molecule has 0 spiro atoms. The van der Waals surface area contributed by atoms with Gasteiger partial charge in [0.15, 0.2) is 0 Å². The molecule has 0 aliphatic heterocycles. The van der Waals surface area contributed by atoms with Gasteiger partial charge < -0.3 is 10.4 Å². The predicted molar refractivity (Wildman–Crippen MR) is 67.7 cm³/mol. The molecule has 3 nitrogen and oxygen atoms in total. The van der Waals surface area contributed by atoms with Crippen molar-refractivity contribution in [2.75, 3.05) is 11.9 Å². The van der Waals surface area contributed by atoms with Crippen molar-refractivity contribution in [1.29, 1.82) is 5.26 Å². The van der Waals surface area contributed by atoms with Crippen molar-refractivity contribution < 1.29 is 5.11 Å². The molecule has 0 bridgehead atoms. The predicted octanol–water partition coefficient (Wildman–Crippen LogP) is 2.44. The van der Waals surface area contributed by atoms with Crippen LogP contribution in [0.2, 0.25) is 0 Å². The fraction of sp³-hybridized carbons (Fsp3) is 0.500. The van der Waals surface area contributed by atoms with Crippen molar-refractivity contribution in [1.82, 2.24) is 0 Å². The maximum absolute atomic E-state index is 9.27. The third-order valence-electron chi connectivity index (χ3n) is 3.59. The molecule has 1 aromatic carbocycles. The number of hydrogen-bond donors (Lipinski definition) is 2. The molecule has 1 saturated carbocycles. The maximum Gasteiger partial charge on any atom is 0.0994 e. The number of aryl methyl sites for hydroxylation is 1. The van der Waals surface area contributed by atoms with E-state index in [1.54, 1.807) is 0 Å². The van der Waals surface area contributed by atoms with Gasteiger partial charge in [-0.25, -0.2) is 0 Å². The van der Waals surface area contributed by atoms with E-state index in [0.717, 1.165) is 29.7 Å². The first kappa shape index (κ1) is 11.9. The fourth-order valence-electron chi connectivity index (χ4n) is 2.54. The minimum absolute atomic E-state index is 0.257. The van der Waals surface area contributed by atoms with Gasteiger partial charge in [0, 0.05) is 24.3 Å². The number of benzene rings is 1. The molecule has 2 unspecified atom stereocenters. The van der Waals surface area contributed by atoms with Gasteiger partial charge in [-0.15, -0.1) is 0 Å². The van der Waals surface area contributed by atoms with Crippen LogP contribution in [0.15, 0.2) is 18.2 Å². The van der Waals surface area contributed by atoms with Gasteiger partial charge in [-0.3, -0.25) is 0 Å².